The number of hydrogen-bond donors (Lipinski definition) is 3. The van der Waals surface area contributed by atoms with Crippen molar-refractivity contribution in [3.05, 3.63) is 42.5 Å². The number of benzene rings is 2. The molecule has 0 bridgehead atoms. The second kappa shape index (κ2) is 4.52. The van der Waals surface area contributed by atoms with Crippen LogP contribution in [0, 0.1) is 0 Å². The van der Waals surface area contributed by atoms with Gasteiger partial charge in [0.2, 0.25) is 0 Å². The van der Waals surface area contributed by atoms with E-state index in [2.05, 4.69) is 10.2 Å². The van der Waals surface area contributed by atoms with Crippen molar-refractivity contribution in [3.63, 3.8) is 0 Å². The first-order valence-electron chi connectivity index (χ1n) is 5.01. The molecule has 0 spiro atoms. The number of nitrogens with zero attached hydrogens (tertiary/aromatic N) is 2. The second-order valence-corrected chi connectivity index (χ2v) is 3.53. The van der Waals surface area contributed by atoms with Crippen LogP contribution in [0.2, 0.25) is 0 Å². The Kier molecular flexibility index (Phi) is 2.91. The normalized spacial score (nSPS) is 10.8. The number of hydrogen-bond acceptors (Lipinski definition) is 5. The number of azo groups is 1. The Morgan fingerprint density at radius 2 is 1.59 bits per heavy atom. The lowest BCUT2D eigenvalue weighted by molar-refractivity contribution is 0.475. The topological polar surface area (TPSA) is 97.0 Å². The van der Waals surface area contributed by atoms with Crippen LogP contribution in [0.1, 0.15) is 0 Å². The first-order chi connectivity index (χ1) is 8.15. The molecular formula is C12H12N4O. The van der Waals surface area contributed by atoms with Crippen molar-refractivity contribution >= 4 is 22.7 Å². The van der Waals surface area contributed by atoms with Crippen LogP contribution in [0.15, 0.2) is 52.7 Å². The number of aromatic hydroxyl groups is 1. The summed E-state index contributed by atoms with van der Waals surface area (Å²) in [5.41, 5.74) is 13.6. The van der Waals surface area contributed by atoms with Gasteiger partial charge in [0.25, 0.3) is 0 Å². The summed E-state index contributed by atoms with van der Waals surface area (Å²) in [5, 5.41) is 17.1. The molecule has 0 saturated carbocycles. The maximum absolute atomic E-state index is 9.11. The van der Waals surface area contributed by atoms with Gasteiger partial charge in [-0.1, -0.05) is 0 Å². The average Bonchev–Trinajstić information content (AvgIpc) is 2.30. The van der Waals surface area contributed by atoms with Crippen LogP contribution in [0.25, 0.3) is 0 Å². The van der Waals surface area contributed by atoms with Crippen LogP contribution in [-0.2, 0) is 0 Å². The molecule has 0 aromatic heterocycles. The fourth-order valence-corrected chi connectivity index (χ4v) is 1.29. The van der Waals surface area contributed by atoms with Gasteiger partial charge in [-0.25, -0.2) is 0 Å². The lowest BCUT2D eigenvalue weighted by Crippen LogP contribution is -1.89. The Bertz CT molecular complexity index is 549. The number of rotatable bonds is 2. The van der Waals surface area contributed by atoms with Gasteiger partial charge in [0, 0.05) is 5.69 Å². The third kappa shape index (κ3) is 2.72. The predicted molar refractivity (Wildman–Crippen MR) is 67.5 cm³/mol. The van der Waals surface area contributed by atoms with Crippen molar-refractivity contribution in [1.82, 2.24) is 0 Å². The van der Waals surface area contributed by atoms with E-state index in [0.717, 1.165) is 0 Å². The minimum atomic E-state index is 0.191. The molecule has 0 saturated heterocycles. The van der Waals surface area contributed by atoms with Crippen molar-refractivity contribution in [3.8, 4) is 5.75 Å². The Labute approximate surface area is 98.4 Å². The van der Waals surface area contributed by atoms with E-state index in [1.54, 1.807) is 42.5 Å². The van der Waals surface area contributed by atoms with Crippen LogP contribution in [0.4, 0.5) is 22.7 Å². The zero-order chi connectivity index (χ0) is 12.3. The fraction of sp³-hybridized carbons (Fsp3) is 0. The highest BCUT2D eigenvalue weighted by Crippen LogP contribution is 2.26. The summed E-state index contributed by atoms with van der Waals surface area (Å²) >= 11 is 0. The predicted octanol–water partition coefficient (Wildman–Crippen LogP) is 2.97. The monoisotopic (exact) mass is 228 g/mol. The average molecular weight is 228 g/mol. The molecule has 17 heavy (non-hydrogen) atoms. The summed E-state index contributed by atoms with van der Waals surface area (Å²) in [6, 6.07) is 11.4. The highest BCUT2D eigenvalue weighted by Gasteiger charge is 1.97. The summed E-state index contributed by atoms with van der Waals surface area (Å²) < 4.78 is 0. The molecule has 0 aliphatic heterocycles. The Hall–Kier alpha value is -2.56. The molecule has 5 heteroatoms. The van der Waals surface area contributed by atoms with Gasteiger partial charge in [0.05, 0.1) is 11.4 Å². The number of anilines is 2. The van der Waals surface area contributed by atoms with Crippen LogP contribution in [0.3, 0.4) is 0 Å². The first kappa shape index (κ1) is 10.9. The quantitative estimate of drug-likeness (QED) is 0.544. The number of phenolic OH excluding ortho intramolecular Hbond substituents is 1. The van der Waals surface area contributed by atoms with Gasteiger partial charge in [-0.2, -0.15) is 5.11 Å². The van der Waals surface area contributed by atoms with Crippen LogP contribution in [0.5, 0.6) is 5.75 Å². The summed E-state index contributed by atoms with van der Waals surface area (Å²) in [5.74, 6) is 0.191. The molecule has 0 atom stereocenters. The highest BCUT2D eigenvalue weighted by molar-refractivity contribution is 5.67. The van der Waals surface area contributed by atoms with Gasteiger partial charge in [-0.05, 0) is 42.5 Å². The lowest BCUT2D eigenvalue weighted by atomic mass is 10.2. The molecule has 0 amide bonds. The van der Waals surface area contributed by atoms with Crippen molar-refractivity contribution in [2.45, 2.75) is 0 Å². The van der Waals surface area contributed by atoms with Crippen molar-refractivity contribution in [2.75, 3.05) is 11.5 Å². The largest absolute Gasteiger partial charge is 0.508 e. The van der Waals surface area contributed by atoms with Crippen molar-refractivity contribution in [2.24, 2.45) is 10.2 Å². The Morgan fingerprint density at radius 1 is 0.882 bits per heavy atom. The van der Waals surface area contributed by atoms with Gasteiger partial charge < -0.3 is 16.6 Å². The SMILES string of the molecule is Nc1ccc(N=Nc2ccc(O)cc2)c(N)c1. The maximum atomic E-state index is 9.11. The number of nitrogens with two attached hydrogens (primary N) is 2. The van der Waals surface area contributed by atoms with E-state index in [9.17, 15) is 0 Å². The molecule has 0 heterocycles. The first-order valence-corrected chi connectivity index (χ1v) is 5.01. The summed E-state index contributed by atoms with van der Waals surface area (Å²) in [7, 11) is 0. The minimum absolute atomic E-state index is 0.191. The second-order valence-electron chi connectivity index (χ2n) is 3.53. The van der Waals surface area contributed by atoms with E-state index >= 15 is 0 Å². The molecule has 0 radical (unpaired) electrons. The zero-order valence-electron chi connectivity index (χ0n) is 9.04. The molecule has 0 aliphatic rings. The van der Waals surface area contributed by atoms with E-state index in [1.165, 1.54) is 0 Å². The van der Waals surface area contributed by atoms with Crippen LogP contribution < -0.4 is 11.5 Å². The molecule has 5 N–H and O–H groups in total. The van der Waals surface area contributed by atoms with Crippen LogP contribution in [-0.4, -0.2) is 5.11 Å². The van der Waals surface area contributed by atoms with Gasteiger partial charge in [0.1, 0.15) is 11.4 Å². The van der Waals surface area contributed by atoms with E-state index in [-0.39, 0.29) is 5.75 Å². The molecule has 86 valence electrons. The molecule has 5 nitrogen and oxygen atoms in total. The smallest absolute Gasteiger partial charge is 0.115 e. The molecule has 2 aromatic carbocycles. The summed E-state index contributed by atoms with van der Waals surface area (Å²) in [6.45, 7) is 0. The molecule has 0 fully saturated rings. The molecule has 2 rings (SSSR count). The molecule has 0 aliphatic carbocycles. The molecule has 0 unspecified atom stereocenters. The van der Waals surface area contributed by atoms with E-state index in [1.807, 2.05) is 0 Å². The lowest BCUT2D eigenvalue weighted by Gasteiger charge is -2.00. The maximum Gasteiger partial charge on any atom is 0.115 e. The van der Waals surface area contributed by atoms with Crippen molar-refractivity contribution in [1.29, 1.82) is 0 Å². The molecular weight excluding hydrogens is 216 g/mol. The van der Waals surface area contributed by atoms with E-state index in [0.29, 0.717) is 22.7 Å². The Morgan fingerprint density at radius 3 is 2.24 bits per heavy atom. The van der Waals surface area contributed by atoms with Gasteiger partial charge >= 0.3 is 0 Å². The third-order valence-corrected chi connectivity index (χ3v) is 2.17. The third-order valence-electron chi connectivity index (χ3n) is 2.17. The van der Waals surface area contributed by atoms with Crippen molar-refractivity contribution < 1.29 is 5.11 Å². The van der Waals surface area contributed by atoms with Gasteiger partial charge in [0.15, 0.2) is 0 Å². The molecule has 2 aromatic rings. The van der Waals surface area contributed by atoms with Gasteiger partial charge in [-0.15, -0.1) is 5.11 Å². The van der Waals surface area contributed by atoms with Crippen LogP contribution >= 0.6 is 0 Å². The van der Waals surface area contributed by atoms with E-state index < -0.39 is 0 Å². The summed E-state index contributed by atoms with van der Waals surface area (Å²) in [4.78, 5) is 0. The minimum Gasteiger partial charge on any atom is -0.508 e. The Balaban J connectivity index is 2.23. The standard InChI is InChI=1S/C12H12N4O/c13-8-1-6-12(11(14)7-8)16-15-9-2-4-10(17)5-3-9/h1-7,17H,13-14H2. The highest BCUT2D eigenvalue weighted by atomic mass is 16.3. The number of phenols is 1. The fourth-order valence-electron chi connectivity index (χ4n) is 1.29. The van der Waals surface area contributed by atoms with Gasteiger partial charge in [-0.3, -0.25) is 0 Å². The number of nitrogen functional groups attached to an aromatic ring is 2. The summed E-state index contributed by atoms with van der Waals surface area (Å²) in [6.07, 6.45) is 0. The van der Waals surface area contributed by atoms with E-state index in [4.69, 9.17) is 16.6 Å². The zero-order valence-corrected chi connectivity index (χ0v) is 9.04.